The zero-order chi connectivity index (χ0) is 14.0. The molecule has 108 valence electrons. The van der Waals surface area contributed by atoms with Gasteiger partial charge < -0.3 is 4.74 Å². The summed E-state index contributed by atoms with van der Waals surface area (Å²) < 4.78 is 28.0. The Morgan fingerprint density at radius 1 is 1.25 bits per heavy atom. The van der Waals surface area contributed by atoms with E-state index in [9.17, 15) is 8.42 Å². The maximum Gasteiger partial charge on any atom is 0.241 e. The summed E-state index contributed by atoms with van der Waals surface area (Å²) in [7, 11) is -2.55. The molecular formula is C12H14ClN3O3S. The second kappa shape index (κ2) is 6.17. The van der Waals surface area contributed by atoms with Crippen molar-refractivity contribution in [2.75, 3.05) is 7.11 Å². The number of halogens is 1. The number of ether oxygens (including phenoxy) is 1. The molecule has 0 saturated carbocycles. The van der Waals surface area contributed by atoms with Gasteiger partial charge in [0, 0.05) is 18.0 Å². The van der Waals surface area contributed by atoms with Crippen molar-refractivity contribution in [3.8, 4) is 17.0 Å². The van der Waals surface area contributed by atoms with Crippen LogP contribution in [0.5, 0.6) is 5.75 Å². The molecule has 2 rings (SSSR count). The Bertz CT molecular complexity index is 720. The van der Waals surface area contributed by atoms with Crippen LogP contribution in [0.4, 0.5) is 0 Å². The van der Waals surface area contributed by atoms with Crippen LogP contribution in [-0.4, -0.2) is 25.5 Å². The molecule has 0 aliphatic carbocycles. The van der Waals surface area contributed by atoms with Crippen molar-refractivity contribution in [3.05, 3.63) is 35.7 Å². The number of nitrogens with two attached hydrogens (primary N) is 1. The maximum atomic E-state index is 11.5. The number of hydrogen-bond donors (Lipinski definition) is 1. The summed E-state index contributed by atoms with van der Waals surface area (Å²) in [5, 5.41) is 5.32. The summed E-state index contributed by atoms with van der Waals surface area (Å²) in [4.78, 5) is 7.81. The number of hydrogen-bond acceptors (Lipinski definition) is 5. The van der Waals surface area contributed by atoms with Gasteiger partial charge in [0.1, 0.15) is 16.3 Å². The average molecular weight is 316 g/mol. The highest BCUT2D eigenvalue weighted by molar-refractivity contribution is 7.89. The third kappa shape index (κ3) is 3.24. The fraction of sp³-hybridized carbons (Fsp3) is 0.167. The van der Waals surface area contributed by atoms with Crippen LogP contribution in [0.15, 0.2) is 35.5 Å². The normalized spacial score (nSPS) is 10.8. The van der Waals surface area contributed by atoms with Crippen molar-refractivity contribution in [1.82, 2.24) is 9.97 Å². The van der Waals surface area contributed by atoms with E-state index in [0.29, 0.717) is 11.3 Å². The quantitative estimate of drug-likeness (QED) is 0.935. The first-order valence-electron chi connectivity index (χ1n) is 5.11. The highest BCUT2D eigenvalue weighted by Crippen LogP contribution is 2.30. The summed E-state index contributed by atoms with van der Waals surface area (Å²) in [5.74, 6) is 0.159. The fourth-order valence-corrected chi connectivity index (χ4v) is 2.50. The Morgan fingerprint density at radius 3 is 2.45 bits per heavy atom. The molecule has 0 aliphatic heterocycles. The molecule has 1 aromatic heterocycles. The molecule has 2 N–H and O–H groups in total. The molecule has 0 atom stereocenters. The van der Waals surface area contributed by atoms with Crippen LogP contribution in [0.1, 0.15) is 7.43 Å². The van der Waals surface area contributed by atoms with Crippen LogP contribution in [0, 0.1) is 0 Å². The van der Waals surface area contributed by atoms with Gasteiger partial charge in [0.25, 0.3) is 0 Å². The van der Waals surface area contributed by atoms with Gasteiger partial charge in [-0.3, -0.25) is 4.98 Å². The molecule has 0 fully saturated rings. The first kappa shape index (κ1) is 16.4. The number of primary sulfonamides is 1. The molecular weight excluding hydrogens is 302 g/mol. The predicted molar refractivity (Wildman–Crippen MR) is 77.1 cm³/mol. The number of aromatic nitrogens is 2. The summed E-state index contributed by atoms with van der Waals surface area (Å²) in [6, 6.07) is 4.47. The smallest absolute Gasteiger partial charge is 0.241 e. The number of sulfonamides is 1. The third-order valence-corrected chi connectivity index (χ3v) is 3.61. The Balaban J connectivity index is 0.00000200. The maximum absolute atomic E-state index is 11.5. The minimum atomic E-state index is -3.91. The van der Waals surface area contributed by atoms with Gasteiger partial charge in [-0.05, 0) is 18.2 Å². The lowest BCUT2D eigenvalue weighted by molar-refractivity contribution is 0.403. The lowest BCUT2D eigenvalue weighted by Crippen LogP contribution is -2.13. The standard InChI is InChI=1S/C11H10ClN3O3S.CH4/c1-18-8-3-2-7(6-9(8)19(13,16)17)10-11(12)15-5-4-14-10;/h2-6H,1H3,(H2,13,16,17);1H4. The van der Waals surface area contributed by atoms with Gasteiger partial charge in [-0.15, -0.1) is 0 Å². The second-order valence-corrected chi connectivity index (χ2v) is 5.49. The monoisotopic (exact) mass is 315 g/mol. The second-order valence-electron chi connectivity index (χ2n) is 3.61. The van der Waals surface area contributed by atoms with Gasteiger partial charge in [0.05, 0.1) is 7.11 Å². The van der Waals surface area contributed by atoms with E-state index in [4.69, 9.17) is 21.5 Å². The topological polar surface area (TPSA) is 95.2 Å². The van der Waals surface area contributed by atoms with E-state index in [1.165, 1.54) is 31.6 Å². The van der Waals surface area contributed by atoms with Gasteiger partial charge in [0.2, 0.25) is 10.0 Å². The minimum Gasteiger partial charge on any atom is -0.495 e. The van der Waals surface area contributed by atoms with Gasteiger partial charge in [-0.2, -0.15) is 0 Å². The van der Waals surface area contributed by atoms with Crippen LogP contribution in [0.3, 0.4) is 0 Å². The van der Waals surface area contributed by atoms with Crippen LogP contribution >= 0.6 is 11.6 Å². The Labute approximate surface area is 122 Å². The molecule has 1 aromatic carbocycles. The van der Waals surface area contributed by atoms with E-state index >= 15 is 0 Å². The highest BCUT2D eigenvalue weighted by Gasteiger charge is 2.17. The molecule has 2 aromatic rings. The highest BCUT2D eigenvalue weighted by atomic mass is 35.5. The third-order valence-electron chi connectivity index (χ3n) is 2.40. The van der Waals surface area contributed by atoms with Crippen LogP contribution < -0.4 is 9.88 Å². The van der Waals surface area contributed by atoms with Crippen LogP contribution in [0.2, 0.25) is 5.15 Å². The van der Waals surface area contributed by atoms with Crippen LogP contribution in [0.25, 0.3) is 11.3 Å². The van der Waals surface area contributed by atoms with Gasteiger partial charge in [0.15, 0.2) is 5.15 Å². The SMILES string of the molecule is C.COc1ccc(-c2nccnc2Cl)cc1S(N)(=O)=O. The van der Waals surface area contributed by atoms with Gasteiger partial charge in [-0.1, -0.05) is 19.0 Å². The van der Waals surface area contributed by atoms with E-state index < -0.39 is 10.0 Å². The van der Waals surface area contributed by atoms with Crippen molar-refractivity contribution in [3.63, 3.8) is 0 Å². The molecule has 0 radical (unpaired) electrons. The Kier molecular flexibility index (Phi) is 5.04. The van der Waals surface area contributed by atoms with Crippen molar-refractivity contribution < 1.29 is 13.2 Å². The van der Waals surface area contributed by atoms with E-state index in [2.05, 4.69) is 9.97 Å². The molecule has 6 nitrogen and oxygen atoms in total. The van der Waals surface area contributed by atoms with Crippen LogP contribution in [-0.2, 0) is 10.0 Å². The molecule has 8 heteroatoms. The summed E-state index contributed by atoms with van der Waals surface area (Å²) in [5.41, 5.74) is 0.861. The lowest BCUT2D eigenvalue weighted by Gasteiger charge is -2.09. The van der Waals surface area contributed by atoms with Crippen molar-refractivity contribution in [1.29, 1.82) is 0 Å². The van der Waals surface area contributed by atoms with E-state index in [-0.39, 0.29) is 23.2 Å². The Hall–Kier alpha value is -1.70. The molecule has 0 spiro atoms. The number of nitrogens with zero attached hydrogens (tertiary/aromatic N) is 2. The van der Waals surface area contributed by atoms with Gasteiger partial charge >= 0.3 is 0 Å². The largest absolute Gasteiger partial charge is 0.495 e. The number of rotatable bonds is 3. The molecule has 0 amide bonds. The average Bonchev–Trinajstić information content (AvgIpc) is 2.37. The number of methoxy groups -OCH3 is 1. The van der Waals surface area contributed by atoms with Gasteiger partial charge in [-0.25, -0.2) is 18.5 Å². The van der Waals surface area contributed by atoms with E-state index in [1.807, 2.05) is 0 Å². The molecule has 1 heterocycles. The Morgan fingerprint density at radius 2 is 1.90 bits per heavy atom. The molecule has 20 heavy (non-hydrogen) atoms. The fourth-order valence-electron chi connectivity index (χ4n) is 1.56. The first-order valence-corrected chi connectivity index (χ1v) is 7.03. The summed E-state index contributed by atoms with van der Waals surface area (Å²) >= 11 is 5.91. The van der Waals surface area contributed by atoms with Crippen molar-refractivity contribution >= 4 is 21.6 Å². The van der Waals surface area contributed by atoms with E-state index in [1.54, 1.807) is 6.07 Å². The van der Waals surface area contributed by atoms with Crippen molar-refractivity contribution in [2.45, 2.75) is 12.3 Å². The molecule has 0 unspecified atom stereocenters. The van der Waals surface area contributed by atoms with E-state index in [0.717, 1.165) is 0 Å². The number of benzene rings is 1. The predicted octanol–water partition coefficient (Wildman–Crippen LogP) is 2.09. The lowest BCUT2D eigenvalue weighted by atomic mass is 10.1. The first-order chi connectivity index (χ1) is 8.93. The summed E-state index contributed by atoms with van der Waals surface area (Å²) in [6.45, 7) is 0. The zero-order valence-corrected chi connectivity index (χ0v) is 11.4. The summed E-state index contributed by atoms with van der Waals surface area (Å²) in [6.07, 6.45) is 2.90. The molecule has 0 bridgehead atoms. The van der Waals surface area contributed by atoms with Crippen molar-refractivity contribution in [2.24, 2.45) is 5.14 Å². The molecule has 0 aliphatic rings. The minimum absolute atomic E-state index is 0. The zero-order valence-electron chi connectivity index (χ0n) is 9.87. The molecule has 0 saturated heterocycles.